The van der Waals surface area contributed by atoms with Gasteiger partial charge in [-0.25, -0.2) is 0 Å². The Kier molecular flexibility index (Phi) is 2.37. The first kappa shape index (κ1) is 11.6. The highest BCUT2D eigenvalue weighted by molar-refractivity contribution is 5.47. The van der Waals surface area contributed by atoms with Crippen LogP contribution in [0.25, 0.3) is 0 Å². The largest absolute Gasteiger partial charge is 0.454 e. The molecule has 3 heteroatoms. The fourth-order valence-corrected chi connectivity index (χ4v) is 4.22. The van der Waals surface area contributed by atoms with Crippen LogP contribution < -0.4 is 14.8 Å². The van der Waals surface area contributed by atoms with Crippen LogP contribution in [0.15, 0.2) is 18.2 Å². The van der Waals surface area contributed by atoms with E-state index in [4.69, 9.17) is 9.47 Å². The van der Waals surface area contributed by atoms with Crippen LogP contribution in [0.3, 0.4) is 0 Å². The number of hydrogen-bond acceptors (Lipinski definition) is 3. The molecule has 2 bridgehead atoms. The van der Waals surface area contributed by atoms with Crippen LogP contribution in [-0.4, -0.2) is 19.4 Å². The molecule has 5 rings (SSSR count). The number of benzene rings is 1. The number of ether oxygens (including phenoxy) is 2. The van der Waals surface area contributed by atoms with Crippen molar-refractivity contribution in [2.24, 2.45) is 0 Å². The Balaban J connectivity index is 1.66. The van der Waals surface area contributed by atoms with Gasteiger partial charge < -0.3 is 14.8 Å². The van der Waals surface area contributed by atoms with Crippen LogP contribution in [0.2, 0.25) is 0 Å². The molecule has 0 saturated heterocycles. The van der Waals surface area contributed by atoms with E-state index < -0.39 is 0 Å². The fourth-order valence-electron chi connectivity index (χ4n) is 4.22. The van der Waals surface area contributed by atoms with Crippen molar-refractivity contribution in [2.45, 2.75) is 49.5 Å². The minimum atomic E-state index is 0.370. The standard InChI is InChI=1S/C16H21NO2/c1-17-16-7-4-15(5-8-16,6-9-16)12-2-3-13-14(10-12)19-11-18-13/h2-3,10,17H,4-9,11H2,1H3. The Morgan fingerprint density at radius 1 is 0.947 bits per heavy atom. The molecule has 0 atom stereocenters. The van der Waals surface area contributed by atoms with Crippen molar-refractivity contribution in [3.05, 3.63) is 23.8 Å². The average molecular weight is 259 g/mol. The Morgan fingerprint density at radius 2 is 1.63 bits per heavy atom. The van der Waals surface area contributed by atoms with Gasteiger partial charge in [-0.05, 0) is 68.7 Å². The summed E-state index contributed by atoms with van der Waals surface area (Å²) < 4.78 is 11.0. The number of fused-ring (bicyclic) bond motifs is 4. The second-order valence-electron chi connectivity index (χ2n) is 6.38. The van der Waals surface area contributed by atoms with Crippen molar-refractivity contribution < 1.29 is 9.47 Å². The SMILES string of the molecule is CNC12CCC(c3ccc4c(c3)OCO4)(CC1)CC2. The molecule has 4 aliphatic rings. The highest BCUT2D eigenvalue weighted by Crippen LogP contribution is 2.54. The zero-order valence-corrected chi connectivity index (χ0v) is 11.5. The zero-order chi connectivity index (χ0) is 12.9. The first-order valence-corrected chi connectivity index (χ1v) is 7.34. The van der Waals surface area contributed by atoms with Gasteiger partial charge >= 0.3 is 0 Å². The van der Waals surface area contributed by atoms with E-state index in [-0.39, 0.29) is 0 Å². The third-order valence-corrected chi connectivity index (χ3v) is 5.76. The molecule has 0 radical (unpaired) electrons. The molecular formula is C16H21NO2. The van der Waals surface area contributed by atoms with Gasteiger partial charge in [0.2, 0.25) is 6.79 Å². The highest BCUT2D eigenvalue weighted by atomic mass is 16.7. The monoisotopic (exact) mass is 259 g/mol. The van der Waals surface area contributed by atoms with Crippen LogP contribution >= 0.6 is 0 Å². The molecule has 1 aromatic rings. The van der Waals surface area contributed by atoms with Crippen LogP contribution in [-0.2, 0) is 5.41 Å². The van der Waals surface area contributed by atoms with Crippen molar-refractivity contribution in [1.29, 1.82) is 0 Å². The van der Waals surface area contributed by atoms with Gasteiger partial charge in [-0.15, -0.1) is 0 Å². The van der Waals surface area contributed by atoms with Gasteiger partial charge in [0.25, 0.3) is 0 Å². The van der Waals surface area contributed by atoms with Crippen molar-refractivity contribution in [3.63, 3.8) is 0 Å². The van der Waals surface area contributed by atoms with Gasteiger partial charge in [0.15, 0.2) is 11.5 Å². The molecule has 0 unspecified atom stereocenters. The summed E-state index contributed by atoms with van der Waals surface area (Å²) in [5.74, 6) is 1.83. The van der Waals surface area contributed by atoms with Crippen molar-refractivity contribution in [3.8, 4) is 11.5 Å². The maximum atomic E-state index is 5.54. The van der Waals surface area contributed by atoms with Gasteiger partial charge in [-0.1, -0.05) is 6.07 Å². The molecule has 3 saturated carbocycles. The first-order valence-electron chi connectivity index (χ1n) is 7.34. The van der Waals surface area contributed by atoms with Crippen molar-refractivity contribution in [2.75, 3.05) is 13.8 Å². The summed E-state index contributed by atoms with van der Waals surface area (Å²) in [6.45, 7) is 0.370. The van der Waals surface area contributed by atoms with Crippen LogP contribution in [0.4, 0.5) is 0 Å². The lowest BCUT2D eigenvalue weighted by molar-refractivity contribution is 0.0833. The minimum Gasteiger partial charge on any atom is -0.454 e. The average Bonchev–Trinajstić information content (AvgIpc) is 2.96. The fraction of sp³-hybridized carbons (Fsp3) is 0.625. The topological polar surface area (TPSA) is 30.5 Å². The minimum absolute atomic E-state index is 0.370. The summed E-state index contributed by atoms with van der Waals surface area (Å²) in [4.78, 5) is 0. The highest BCUT2D eigenvalue weighted by Gasteiger charge is 2.48. The summed E-state index contributed by atoms with van der Waals surface area (Å²) in [5.41, 5.74) is 2.28. The van der Waals surface area contributed by atoms with Crippen LogP contribution in [0.1, 0.15) is 44.1 Å². The summed E-state index contributed by atoms with van der Waals surface area (Å²) in [6.07, 6.45) is 7.81. The van der Waals surface area contributed by atoms with E-state index in [1.807, 2.05) is 0 Å². The van der Waals surface area contributed by atoms with Crippen LogP contribution in [0.5, 0.6) is 11.5 Å². The predicted octanol–water partition coefficient (Wildman–Crippen LogP) is 2.98. The summed E-state index contributed by atoms with van der Waals surface area (Å²) in [7, 11) is 2.12. The molecule has 3 aliphatic carbocycles. The van der Waals surface area contributed by atoms with Gasteiger partial charge in [-0.2, -0.15) is 0 Å². The molecule has 3 nitrogen and oxygen atoms in total. The Bertz CT molecular complexity index is 487. The van der Waals surface area contributed by atoms with Gasteiger partial charge in [0, 0.05) is 5.54 Å². The molecule has 1 N–H and O–H groups in total. The lowest BCUT2D eigenvalue weighted by atomic mass is 9.55. The Labute approximate surface area is 114 Å². The third kappa shape index (κ3) is 1.61. The van der Waals surface area contributed by atoms with E-state index in [0.29, 0.717) is 17.7 Å². The Morgan fingerprint density at radius 3 is 2.32 bits per heavy atom. The van der Waals surface area contributed by atoms with E-state index in [2.05, 4.69) is 30.6 Å². The molecule has 1 heterocycles. The van der Waals surface area contributed by atoms with Crippen LogP contribution in [0, 0.1) is 0 Å². The lowest BCUT2D eigenvalue weighted by Gasteiger charge is -2.53. The summed E-state index contributed by atoms with van der Waals surface area (Å²) >= 11 is 0. The quantitative estimate of drug-likeness (QED) is 0.885. The maximum Gasteiger partial charge on any atom is 0.231 e. The van der Waals surface area contributed by atoms with E-state index in [0.717, 1.165) is 11.5 Å². The molecule has 102 valence electrons. The summed E-state index contributed by atoms with van der Waals surface area (Å²) in [5, 5.41) is 3.57. The second-order valence-corrected chi connectivity index (χ2v) is 6.38. The molecule has 1 aliphatic heterocycles. The molecule has 19 heavy (non-hydrogen) atoms. The molecule has 0 spiro atoms. The van der Waals surface area contributed by atoms with Gasteiger partial charge in [0.05, 0.1) is 0 Å². The molecule has 0 aromatic heterocycles. The molecule has 3 fully saturated rings. The normalized spacial score (nSPS) is 35.6. The van der Waals surface area contributed by atoms with Crippen molar-refractivity contribution >= 4 is 0 Å². The molecular weight excluding hydrogens is 238 g/mol. The lowest BCUT2D eigenvalue weighted by Crippen LogP contribution is -2.54. The van der Waals surface area contributed by atoms with Gasteiger partial charge in [-0.3, -0.25) is 0 Å². The number of nitrogens with one attached hydrogen (secondary N) is 1. The summed E-state index contributed by atoms with van der Waals surface area (Å²) in [6, 6.07) is 6.56. The van der Waals surface area contributed by atoms with E-state index in [9.17, 15) is 0 Å². The van der Waals surface area contributed by atoms with E-state index in [1.54, 1.807) is 0 Å². The second kappa shape index (κ2) is 3.89. The molecule has 0 amide bonds. The molecule has 1 aromatic carbocycles. The number of rotatable bonds is 2. The van der Waals surface area contributed by atoms with E-state index in [1.165, 1.54) is 44.1 Å². The van der Waals surface area contributed by atoms with Gasteiger partial charge in [0.1, 0.15) is 0 Å². The van der Waals surface area contributed by atoms with Crippen molar-refractivity contribution in [1.82, 2.24) is 5.32 Å². The maximum absolute atomic E-state index is 5.54. The number of hydrogen-bond donors (Lipinski definition) is 1. The third-order valence-electron chi connectivity index (χ3n) is 5.76. The van der Waals surface area contributed by atoms with E-state index >= 15 is 0 Å². The zero-order valence-electron chi connectivity index (χ0n) is 11.5. The first-order chi connectivity index (χ1) is 9.25. The Hall–Kier alpha value is -1.22. The predicted molar refractivity (Wildman–Crippen MR) is 73.7 cm³/mol. The smallest absolute Gasteiger partial charge is 0.231 e.